The van der Waals surface area contributed by atoms with Crippen LogP contribution in [0.4, 0.5) is 5.69 Å². The summed E-state index contributed by atoms with van der Waals surface area (Å²) in [7, 11) is 0. The van der Waals surface area contributed by atoms with Crippen LogP contribution in [0.2, 0.25) is 5.02 Å². The molecule has 2 N–H and O–H groups in total. The van der Waals surface area contributed by atoms with E-state index in [1.165, 1.54) is 4.90 Å². The SMILES string of the molecule is CSc1ccccc1NCc1ccc(O)c(Cl)c1. The Labute approximate surface area is 116 Å². The van der Waals surface area contributed by atoms with E-state index >= 15 is 0 Å². The Kier molecular flexibility index (Phi) is 4.39. The molecular formula is C14H14ClNOS. The normalized spacial score (nSPS) is 10.3. The van der Waals surface area contributed by atoms with E-state index in [4.69, 9.17) is 11.6 Å². The Hall–Kier alpha value is -1.32. The fraction of sp³-hybridized carbons (Fsp3) is 0.143. The van der Waals surface area contributed by atoms with Gasteiger partial charge in [-0.05, 0) is 36.1 Å². The number of hydrogen-bond acceptors (Lipinski definition) is 3. The van der Waals surface area contributed by atoms with Gasteiger partial charge in [-0.1, -0.05) is 29.8 Å². The summed E-state index contributed by atoms with van der Waals surface area (Å²) >= 11 is 7.58. The van der Waals surface area contributed by atoms with Gasteiger partial charge < -0.3 is 10.4 Å². The van der Waals surface area contributed by atoms with E-state index in [0.29, 0.717) is 11.6 Å². The summed E-state index contributed by atoms with van der Waals surface area (Å²) in [5.41, 5.74) is 2.14. The molecule has 0 saturated heterocycles. The molecule has 94 valence electrons. The van der Waals surface area contributed by atoms with E-state index in [-0.39, 0.29) is 5.75 Å². The minimum atomic E-state index is 0.116. The molecule has 0 aliphatic rings. The summed E-state index contributed by atoms with van der Waals surface area (Å²) in [5, 5.41) is 13.1. The van der Waals surface area contributed by atoms with E-state index in [0.717, 1.165) is 11.3 Å². The summed E-state index contributed by atoms with van der Waals surface area (Å²) in [6, 6.07) is 13.4. The topological polar surface area (TPSA) is 32.3 Å². The lowest BCUT2D eigenvalue weighted by Gasteiger charge is -2.10. The standard InChI is InChI=1S/C14H14ClNOS/c1-18-14-5-3-2-4-12(14)16-9-10-6-7-13(17)11(15)8-10/h2-8,16-17H,9H2,1H3. The largest absolute Gasteiger partial charge is 0.506 e. The summed E-state index contributed by atoms with van der Waals surface area (Å²) < 4.78 is 0. The first kappa shape index (κ1) is 13.1. The number of halogens is 1. The highest BCUT2D eigenvalue weighted by Crippen LogP contribution is 2.27. The van der Waals surface area contributed by atoms with Crippen LogP contribution >= 0.6 is 23.4 Å². The zero-order chi connectivity index (χ0) is 13.0. The summed E-state index contributed by atoms with van der Waals surface area (Å²) in [5.74, 6) is 0.116. The average Bonchev–Trinajstić information content (AvgIpc) is 2.40. The quantitative estimate of drug-likeness (QED) is 0.815. The molecule has 0 bridgehead atoms. The number of thioether (sulfide) groups is 1. The van der Waals surface area contributed by atoms with Crippen molar-refractivity contribution in [2.24, 2.45) is 0 Å². The van der Waals surface area contributed by atoms with Gasteiger partial charge in [0.1, 0.15) is 5.75 Å². The maximum absolute atomic E-state index is 9.36. The molecule has 0 spiro atoms. The molecular weight excluding hydrogens is 266 g/mol. The second-order valence-electron chi connectivity index (χ2n) is 3.84. The molecule has 0 radical (unpaired) electrons. The van der Waals surface area contributed by atoms with E-state index in [1.807, 2.05) is 24.3 Å². The fourth-order valence-electron chi connectivity index (χ4n) is 1.65. The number of benzene rings is 2. The summed E-state index contributed by atoms with van der Waals surface area (Å²) in [4.78, 5) is 1.21. The molecule has 0 atom stereocenters. The number of hydrogen-bond donors (Lipinski definition) is 2. The predicted molar refractivity (Wildman–Crippen MR) is 78.7 cm³/mol. The smallest absolute Gasteiger partial charge is 0.134 e. The Morgan fingerprint density at radius 1 is 1.22 bits per heavy atom. The lowest BCUT2D eigenvalue weighted by atomic mass is 10.2. The highest BCUT2D eigenvalue weighted by Gasteiger charge is 2.02. The minimum absolute atomic E-state index is 0.116. The molecule has 0 fully saturated rings. The molecule has 0 unspecified atom stereocenters. The number of phenolic OH excluding ortho intramolecular Hbond substituents is 1. The van der Waals surface area contributed by atoms with Gasteiger partial charge >= 0.3 is 0 Å². The van der Waals surface area contributed by atoms with Crippen molar-refractivity contribution in [1.29, 1.82) is 0 Å². The van der Waals surface area contributed by atoms with Crippen molar-refractivity contribution >= 4 is 29.1 Å². The van der Waals surface area contributed by atoms with Gasteiger partial charge in [0.25, 0.3) is 0 Å². The molecule has 2 rings (SSSR count). The van der Waals surface area contributed by atoms with Crippen LogP contribution in [0.5, 0.6) is 5.75 Å². The Bertz CT molecular complexity index is 545. The molecule has 0 aliphatic heterocycles. The maximum Gasteiger partial charge on any atom is 0.134 e. The molecule has 2 aromatic rings. The molecule has 0 aromatic heterocycles. The molecule has 2 nitrogen and oxygen atoms in total. The first-order valence-corrected chi connectivity index (χ1v) is 7.15. The number of aromatic hydroxyl groups is 1. The second kappa shape index (κ2) is 6.03. The highest BCUT2D eigenvalue weighted by molar-refractivity contribution is 7.98. The summed E-state index contributed by atoms with van der Waals surface area (Å²) in [6.45, 7) is 0.678. The highest BCUT2D eigenvalue weighted by atomic mass is 35.5. The number of anilines is 1. The molecule has 4 heteroatoms. The van der Waals surface area contributed by atoms with Crippen molar-refractivity contribution in [3.63, 3.8) is 0 Å². The van der Waals surface area contributed by atoms with Gasteiger partial charge in [0, 0.05) is 17.1 Å². The molecule has 2 aromatic carbocycles. The van der Waals surface area contributed by atoms with Gasteiger partial charge in [0.15, 0.2) is 0 Å². The lowest BCUT2D eigenvalue weighted by molar-refractivity contribution is 0.475. The molecule has 0 heterocycles. The van der Waals surface area contributed by atoms with Gasteiger partial charge in [0.05, 0.1) is 5.02 Å². The van der Waals surface area contributed by atoms with Crippen molar-refractivity contribution in [2.45, 2.75) is 11.4 Å². The van der Waals surface area contributed by atoms with Crippen LogP contribution in [-0.2, 0) is 6.54 Å². The van der Waals surface area contributed by atoms with Crippen molar-refractivity contribution in [3.05, 3.63) is 53.1 Å². The predicted octanol–water partition coefficient (Wildman–Crippen LogP) is 4.38. The van der Waals surface area contributed by atoms with Gasteiger partial charge in [-0.3, -0.25) is 0 Å². The first-order valence-electron chi connectivity index (χ1n) is 5.55. The third-order valence-electron chi connectivity index (χ3n) is 2.60. The van der Waals surface area contributed by atoms with Gasteiger partial charge in [-0.25, -0.2) is 0 Å². The second-order valence-corrected chi connectivity index (χ2v) is 5.09. The first-order chi connectivity index (χ1) is 8.70. The van der Waals surface area contributed by atoms with Crippen molar-refractivity contribution in [2.75, 3.05) is 11.6 Å². The molecule has 0 aliphatic carbocycles. The third kappa shape index (κ3) is 3.12. The zero-order valence-electron chi connectivity index (χ0n) is 9.98. The van der Waals surface area contributed by atoms with E-state index in [1.54, 1.807) is 23.9 Å². The van der Waals surface area contributed by atoms with Crippen LogP contribution in [0, 0.1) is 0 Å². The van der Waals surface area contributed by atoms with E-state index < -0.39 is 0 Å². The van der Waals surface area contributed by atoms with Crippen LogP contribution in [0.3, 0.4) is 0 Å². The Morgan fingerprint density at radius 2 is 2.00 bits per heavy atom. The van der Waals surface area contributed by atoms with E-state index in [9.17, 15) is 5.11 Å². The van der Waals surface area contributed by atoms with Gasteiger partial charge in [-0.2, -0.15) is 0 Å². The number of nitrogens with one attached hydrogen (secondary N) is 1. The van der Waals surface area contributed by atoms with E-state index in [2.05, 4.69) is 17.6 Å². The molecule has 0 amide bonds. The van der Waals surface area contributed by atoms with Crippen molar-refractivity contribution in [3.8, 4) is 5.75 Å². The van der Waals surface area contributed by atoms with Crippen LogP contribution in [0.15, 0.2) is 47.4 Å². The minimum Gasteiger partial charge on any atom is -0.506 e. The third-order valence-corrected chi connectivity index (χ3v) is 3.70. The van der Waals surface area contributed by atoms with Crippen LogP contribution < -0.4 is 5.32 Å². The maximum atomic E-state index is 9.36. The van der Waals surface area contributed by atoms with Crippen LogP contribution in [0.25, 0.3) is 0 Å². The fourth-order valence-corrected chi connectivity index (χ4v) is 2.43. The molecule has 0 saturated carbocycles. The van der Waals surface area contributed by atoms with Crippen molar-refractivity contribution < 1.29 is 5.11 Å². The Morgan fingerprint density at radius 3 is 2.72 bits per heavy atom. The number of rotatable bonds is 4. The lowest BCUT2D eigenvalue weighted by Crippen LogP contribution is -2.00. The monoisotopic (exact) mass is 279 g/mol. The number of phenols is 1. The molecule has 18 heavy (non-hydrogen) atoms. The zero-order valence-corrected chi connectivity index (χ0v) is 11.6. The summed E-state index contributed by atoms with van der Waals surface area (Å²) in [6.07, 6.45) is 2.05. The van der Waals surface area contributed by atoms with Crippen molar-refractivity contribution in [1.82, 2.24) is 0 Å². The van der Waals surface area contributed by atoms with Crippen LogP contribution in [-0.4, -0.2) is 11.4 Å². The Balaban J connectivity index is 2.09. The van der Waals surface area contributed by atoms with Crippen LogP contribution in [0.1, 0.15) is 5.56 Å². The average molecular weight is 280 g/mol. The number of para-hydroxylation sites is 1. The van der Waals surface area contributed by atoms with Gasteiger partial charge in [-0.15, -0.1) is 11.8 Å². The van der Waals surface area contributed by atoms with Gasteiger partial charge in [0.2, 0.25) is 0 Å².